The fraction of sp³-hybridized carbons (Fsp3) is 0.350. The molecule has 26 heavy (non-hydrogen) atoms. The Morgan fingerprint density at radius 3 is 2.88 bits per heavy atom. The Labute approximate surface area is 152 Å². The van der Waals surface area contributed by atoms with Crippen LogP contribution in [0.25, 0.3) is 5.57 Å². The molecule has 0 atom stereocenters. The average molecular weight is 350 g/mol. The number of allylic oxidation sites excluding steroid dienone is 4. The SMILES string of the molecule is CCN(CC)C(=O)/C(=N\O)N1CCc2c1ccc1c2=C2CC=CC=C2N=1. The van der Waals surface area contributed by atoms with Crippen molar-refractivity contribution in [2.45, 2.75) is 26.7 Å². The first-order valence-corrected chi connectivity index (χ1v) is 9.09. The maximum Gasteiger partial charge on any atom is 0.293 e. The van der Waals surface area contributed by atoms with Crippen molar-refractivity contribution in [2.24, 2.45) is 10.1 Å². The highest BCUT2D eigenvalue weighted by atomic mass is 16.4. The Bertz CT molecular complexity index is 984. The molecule has 0 saturated carbocycles. The second-order valence-corrected chi connectivity index (χ2v) is 6.53. The number of rotatable bonds is 2. The van der Waals surface area contributed by atoms with Gasteiger partial charge in [-0.2, -0.15) is 0 Å². The highest BCUT2D eigenvalue weighted by Gasteiger charge is 2.32. The fourth-order valence-electron chi connectivity index (χ4n) is 4.00. The summed E-state index contributed by atoms with van der Waals surface area (Å²) in [6, 6.07) is 3.98. The zero-order valence-corrected chi connectivity index (χ0v) is 15.1. The number of likely N-dealkylation sites (N-methyl/N-ethyl adjacent to an activating group) is 1. The third-order valence-electron chi connectivity index (χ3n) is 5.30. The molecule has 6 nitrogen and oxygen atoms in total. The number of fused-ring (bicyclic) bond motifs is 4. The van der Waals surface area contributed by atoms with Crippen LogP contribution in [0.2, 0.25) is 0 Å². The van der Waals surface area contributed by atoms with Gasteiger partial charge in [0.15, 0.2) is 0 Å². The molecule has 1 N–H and O–H groups in total. The largest absolute Gasteiger partial charge is 0.409 e. The van der Waals surface area contributed by atoms with Gasteiger partial charge in [0.1, 0.15) is 0 Å². The third-order valence-corrected chi connectivity index (χ3v) is 5.30. The normalized spacial score (nSPS) is 17.5. The van der Waals surface area contributed by atoms with Crippen LogP contribution in [-0.4, -0.2) is 41.5 Å². The summed E-state index contributed by atoms with van der Waals surface area (Å²) in [5.74, 6) is -0.156. The number of nitrogens with zero attached hydrogens (tertiary/aromatic N) is 4. The topological polar surface area (TPSA) is 68.5 Å². The number of carbonyl (C=O) groups excluding carboxylic acids is 1. The van der Waals surface area contributed by atoms with Crippen molar-refractivity contribution in [2.75, 3.05) is 24.5 Å². The Morgan fingerprint density at radius 2 is 2.15 bits per heavy atom. The minimum atomic E-state index is -0.246. The summed E-state index contributed by atoms with van der Waals surface area (Å²) < 4.78 is 0. The van der Waals surface area contributed by atoms with Crippen molar-refractivity contribution >= 4 is 23.0 Å². The van der Waals surface area contributed by atoms with E-state index in [1.165, 1.54) is 16.4 Å². The van der Waals surface area contributed by atoms with Gasteiger partial charge in [0.05, 0.1) is 11.1 Å². The molecule has 1 aromatic carbocycles. The molecule has 2 heterocycles. The number of oxime groups is 1. The molecule has 134 valence electrons. The maximum absolute atomic E-state index is 12.7. The van der Waals surface area contributed by atoms with Crippen molar-refractivity contribution < 1.29 is 10.0 Å². The van der Waals surface area contributed by atoms with Crippen molar-refractivity contribution in [3.8, 4) is 0 Å². The van der Waals surface area contributed by atoms with E-state index < -0.39 is 0 Å². The molecule has 1 aromatic rings. The van der Waals surface area contributed by atoms with Gasteiger partial charge in [-0.05, 0) is 56.0 Å². The van der Waals surface area contributed by atoms with Gasteiger partial charge in [-0.25, -0.2) is 4.99 Å². The van der Waals surface area contributed by atoms with E-state index in [2.05, 4.69) is 11.2 Å². The van der Waals surface area contributed by atoms with E-state index in [1.807, 2.05) is 43.0 Å². The molecule has 0 radical (unpaired) electrons. The number of benzene rings is 1. The van der Waals surface area contributed by atoms with E-state index in [9.17, 15) is 10.0 Å². The molecule has 1 aliphatic carbocycles. The summed E-state index contributed by atoms with van der Waals surface area (Å²) >= 11 is 0. The van der Waals surface area contributed by atoms with E-state index in [-0.39, 0.29) is 11.7 Å². The first kappa shape index (κ1) is 16.6. The van der Waals surface area contributed by atoms with Crippen LogP contribution in [0.3, 0.4) is 0 Å². The molecule has 4 rings (SSSR count). The van der Waals surface area contributed by atoms with Crippen LogP contribution >= 0.6 is 0 Å². The Kier molecular flexibility index (Phi) is 4.11. The summed E-state index contributed by atoms with van der Waals surface area (Å²) in [5.41, 5.74) is 4.41. The summed E-state index contributed by atoms with van der Waals surface area (Å²) in [6.45, 7) is 5.63. The zero-order chi connectivity index (χ0) is 18.3. The zero-order valence-electron chi connectivity index (χ0n) is 15.1. The number of anilines is 1. The predicted molar refractivity (Wildman–Crippen MR) is 101 cm³/mol. The summed E-state index contributed by atoms with van der Waals surface area (Å²) in [6.07, 6.45) is 7.90. The lowest BCUT2D eigenvalue weighted by Crippen LogP contribution is -2.45. The number of hydrogen-bond acceptors (Lipinski definition) is 4. The smallest absolute Gasteiger partial charge is 0.293 e. The Hall–Kier alpha value is -2.89. The predicted octanol–water partition coefficient (Wildman–Crippen LogP) is 1.33. The molecular weight excluding hydrogens is 328 g/mol. The summed E-state index contributed by atoms with van der Waals surface area (Å²) in [7, 11) is 0. The minimum Gasteiger partial charge on any atom is -0.409 e. The van der Waals surface area contributed by atoms with Crippen LogP contribution in [0.15, 0.2) is 46.2 Å². The number of amidine groups is 1. The quantitative estimate of drug-likeness (QED) is 0.379. The van der Waals surface area contributed by atoms with Gasteiger partial charge in [0.2, 0.25) is 5.84 Å². The molecule has 0 aromatic heterocycles. The van der Waals surface area contributed by atoms with Crippen LogP contribution in [0.4, 0.5) is 5.69 Å². The van der Waals surface area contributed by atoms with E-state index >= 15 is 0 Å². The molecule has 2 aliphatic heterocycles. The average Bonchev–Trinajstić information content (AvgIpc) is 3.24. The van der Waals surface area contributed by atoms with Gasteiger partial charge in [-0.1, -0.05) is 17.3 Å². The highest BCUT2D eigenvalue weighted by Crippen LogP contribution is 2.29. The van der Waals surface area contributed by atoms with Crippen molar-refractivity contribution in [3.05, 3.63) is 52.2 Å². The molecule has 0 fully saturated rings. The minimum absolute atomic E-state index is 0.0895. The van der Waals surface area contributed by atoms with Gasteiger partial charge in [0.25, 0.3) is 5.91 Å². The summed E-state index contributed by atoms with van der Waals surface area (Å²) in [5, 5.41) is 15.1. The van der Waals surface area contributed by atoms with Crippen molar-refractivity contribution in [1.29, 1.82) is 0 Å². The molecule has 1 amide bonds. The van der Waals surface area contributed by atoms with Gasteiger partial charge in [-0.15, -0.1) is 0 Å². The second-order valence-electron chi connectivity index (χ2n) is 6.53. The van der Waals surface area contributed by atoms with Gasteiger partial charge in [0, 0.05) is 30.5 Å². The van der Waals surface area contributed by atoms with Gasteiger partial charge in [-0.3, -0.25) is 4.79 Å². The van der Waals surface area contributed by atoms with Gasteiger partial charge < -0.3 is 15.0 Å². The fourth-order valence-corrected chi connectivity index (χ4v) is 4.00. The van der Waals surface area contributed by atoms with Crippen molar-refractivity contribution in [3.63, 3.8) is 0 Å². The molecule has 0 saturated heterocycles. The van der Waals surface area contributed by atoms with E-state index in [1.54, 1.807) is 4.90 Å². The van der Waals surface area contributed by atoms with Crippen LogP contribution in [0, 0.1) is 0 Å². The lowest BCUT2D eigenvalue weighted by atomic mass is 9.99. The molecular formula is C20H22N4O2. The van der Waals surface area contributed by atoms with Gasteiger partial charge >= 0.3 is 0 Å². The summed E-state index contributed by atoms with van der Waals surface area (Å²) in [4.78, 5) is 21.0. The molecule has 3 aliphatic rings. The lowest BCUT2D eigenvalue weighted by Gasteiger charge is -2.24. The molecule has 0 bridgehead atoms. The lowest BCUT2D eigenvalue weighted by molar-refractivity contribution is -0.124. The Morgan fingerprint density at radius 1 is 1.35 bits per heavy atom. The molecule has 0 unspecified atom stereocenters. The van der Waals surface area contributed by atoms with Crippen LogP contribution in [-0.2, 0) is 11.2 Å². The molecule has 6 heteroatoms. The van der Waals surface area contributed by atoms with E-state index in [0.29, 0.717) is 19.6 Å². The number of hydrogen-bond donors (Lipinski definition) is 1. The van der Waals surface area contributed by atoms with Crippen LogP contribution < -0.4 is 15.5 Å². The van der Waals surface area contributed by atoms with E-state index in [4.69, 9.17) is 4.99 Å². The maximum atomic E-state index is 12.7. The van der Waals surface area contributed by atoms with Crippen molar-refractivity contribution in [1.82, 2.24) is 4.90 Å². The number of carbonyl (C=O) groups is 1. The highest BCUT2D eigenvalue weighted by molar-refractivity contribution is 6.43. The second kappa shape index (κ2) is 6.44. The first-order chi connectivity index (χ1) is 12.7. The van der Waals surface area contributed by atoms with Crippen LogP contribution in [0.5, 0.6) is 0 Å². The Balaban J connectivity index is 1.80. The monoisotopic (exact) mass is 350 g/mol. The number of amides is 1. The molecule has 0 spiro atoms. The van der Waals surface area contributed by atoms with E-state index in [0.717, 1.165) is 29.6 Å². The first-order valence-electron chi connectivity index (χ1n) is 9.09. The third kappa shape index (κ3) is 2.36. The standard InChI is InChI=1S/C20H22N4O2/c1-3-23(4-2)20(25)19(22-26)24-12-11-14-17(24)10-9-16-18(14)13-7-5-6-8-15(13)21-16/h5-6,8-10,26H,3-4,7,11-12H2,1-2H3/b22-19+. The van der Waals surface area contributed by atoms with Crippen LogP contribution in [0.1, 0.15) is 25.8 Å².